The molecule has 38 heavy (non-hydrogen) atoms. The monoisotopic (exact) mass is 543 g/mol. The molecular formula is C29H25N3O4S2. The summed E-state index contributed by atoms with van der Waals surface area (Å²) in [5, 5.41) is 10.3. The van der Waals surface area contributed by atoms with E-state index in [1.54, 1.807) is 79.9 Å². The minimum absolute atomic E-state index is 0.122. The maximum atomic E-state index is 13.2. The molecular weight excluding hydrogens is 518 g/mol. The van der Waals surface area contributed by atoms with Crippen molar-refractivity contribution < 1.29 is 19.1 Å². The second-order valence-electron chi connectivity index (χ2n) is 7.94. The maximum Gasteiger partial charge on any atom is 0.272 e. The van der Waals surface area contributed by atoms with Crippen LogP contribution in [0.3, 0.4) is 0 Å². The number of amides is 3. The van der Waals surface area contributed by atoms with E-state index >= 15 is 0 Å². The third-order valence-corrected chi connectivity index (χ3v) is 6.99. The normalized spacial score (nSPS) is 10.9. The van der Waals surface area contributed by atoms with Gasteiger partial charge in [0.2, 0.25) is 5.91 Å². The highest BCUT2D eigenvalue weighted by atomic mass is 32.2. The van der Waals surface area contributed by atoms with Crippen LogP contribution in [-0.2, 0) is 9.59 Å². The molecule has 0 radical (unpaired) electrons. The fourth-order valence-corrected chi connectivity index (χ4v) is 4.78. The van der Waals surface area contributed by atoms with Gasteiger partial charge in [-0.1, -0.05) is 36.4 Å². The van der Waals surface area contributed by atoms with Crippen molar-refractivity contribution in [2.45, 2.75) is 4.90 Å². The quantitative estimate of drug-likeness (QED) is 0.171. The molecule has 4 aromatic rings. The van der Waals surface area contributed by atoms with Gasteiger partial charge in [0.25, 0.3) is 11.8 Å². The Labute approximate surface area is 228 Å². The van der Waals surface area contributed by atoms with Gasteiger partial charge >= 0.3 is 0 Å². The Bertz CT molecular complexity index is 1440. The molecule has 3 aromatic carbocycles. The molecule has 0 bridgehead atoms. The molecule has 0 saturated heterocycles. The smallest absolute Gasteiger partial charge is 0.272 e. The number of hydrogen-bond acceptors (Lipinski definition) is 6. The third kappa shape index (κ3) is 7.83. The lowest BCUT2D eigenvalue weighted by Gasteiger charge is -2.12. The van der Waals surface area contributed by atoms with Crippen LogP contribution in [0, 0.1) is 0 Å². The zero-order valence-corrected chi connectivity index (χ0v) is 22.1. The highest BCUT2D eigenvalue weighted by Gasteiger charge is 2.16. The first-order valence-corrected chi connectivity index (χ1v) is 13.5. The zero-order valence-electron chi connectivity index (χ0n) is 20.5. The standard InChI is InChI=1S/C29H25N3O4S2/c1-36-23-12-5-10-21(16-23)30-27(33)19-38-24-13-6-11-22(17-24)31-29(35)26(18-25-14-7-15-37-25)32-28(34)20-8-3-2-4-9-20/h2-18H,19H2,1H3,(H,30,33)(H,31,35)(H,32,34)/b26-18-. The van der Waals surface area contributed by atoms with E-state index in [0.29, 0.717) is 22.7 Å². The molecule has 0 aliphatic heterocycles. The van der Waals surface area contributed by atoms with E-state index in [2.05, 4.69) is 16.0 Å². The predicted octanol–water partition coefficient (Wildman–Crippen LogP) is 5.90. The topological polar surface area (TPSA) is 96.5 Å². The Kier molecular flexibility index (Phi) is 9.33. The minimum Gasteiger partial charge on any atom is -0.497 e. The summed E-state index contributed by atoms with van der Waals surface area (Å²) in [6.45, 7) is 0. The van der Waals surface area contributed by atoms with Crippen molar-refractivity contribution in [2.75, 3.05) is 23.5 Å². The summed E-state index contributed by atoms with van der Waals surface area (Å²) in [6.07, 6.45) is 1.64. The van der Waals surface area contributed by atoms with Gasteiger partial charge in [-0.2, -0.15) is 0 Å². The number of methoxy groups -OCH3 is 1. The number of nitrogens with one attached hydrogen (secondary N) is 3. The van der Waals surface area contributed by atoms with E-state index in [4.69, 9.17) is 4.74 Å². The van der Waals surface area contributed by atoms with Gasteiger partial charge in [0, 0.05) is 32.8 Å². The van der Waals surface area contributed by atoms with Gasteiger partial charge in [0.15, 0.2) is 0 Å². The van der Waals surface area contributed by atoms with E-state index in [9.17, 15) is 14.4 Å². The van der Waals surface area contributed by atoms with Crippen LogP contribution < -0.4 is 20.7 Å². The van der Waals surface area contributed by atoms with Gasteiger partial charge < -0.3 is 20.7 Å². The summed E-state index contributed by atoms with van der Waals surface area (Å²) in [4.78, 5) is 40.0. The van der Waals surface area contributed by atoms with Gasteiger partial charge in [-0.3, -0.25) is 14.4 Å². The molecule has 0 aliphatic carbocycles. The highest BCUT2D eigenvalue weighted by Crippen LogP contribution is 2.23. The van der Waals surface area contributed by atoms with Gasteiger partial charge in [-0.25, -0.2) is 0 Å². The fourth-order valence-electron chi connectivity index (χ4n) is 3.37. The van der Waals surface area contributed by atoms with Crippen molar-refractivity contribution in [3.8, 4) is 5.75 Å². The molecule has 0 atom stereocenters. The number of rotatable bonds is 10. The van der Waals surface area contributed by atoms with Gasteiger partial charge in [0.1, 0.15) is 11.4 Å². The molecule has 9 heteroatoms. The predicted molar refractivity (Wildman–Crippen MR) is 154 cm³/mol. The van der Waals surface area contributed by atoms with Crippen molar-refractivity contribution in [1.29, 1.82) is 0 Å². The molecule has 192 valence electrons. The Morgan fingerprint density at radius 1 is 0.868 bits per heavy atom. The van der Waals surface area contributed by atoms with Gasteiger partial charge in [-0.15, -0.1) is 23.1 Å². The molecule has 3 amide bonds. The Hall–Kier alpha value is -4.34. The van der Waals surface area contributed by atoms with Crippen LogP contribution in [-0.4, -0.2) is 30.6 Å². The zero-order chi connectivity index (χ0) is 26.7. The summed E-state index contributed by atoms with van der Waals surface area (Å²) in [5.41, 5.74) is 1.76. The lowest BCUT2D eigenvalue weighted by molar-refractivity contribution is -0.114. The third-order valence-electron chi connectivity index (χ3n) is 5.17. The maximum absolute atomic E-state index is 13.2. The van der Waals surface area contributed by atoms with Crippen LogP contribution in [0.2, 0.25) is 0 Å². The van der Waals surface area contributed by atoms with E-state index in [1.807, 2.05) is 29.6 Å². The average Bonchev–Trinajstić information content (AvgIpc) is 3.45. The first kappa shape index (κ1) is 26.7. The summed E-state index contributed by atoms with van der Waals surface area (Å²) in [5.74, 6) is -0.157. The van der Waals surface area contributed by atoms with Crippen LogP contribution >= 0.6 is 23.1 Å². The molecule has 0 spiro atoms. The van der Waals surface area contributed by atoms with Gasteiger partial charge in [0.05, 0.1) is 12.9 Å². The molecule has 1 heterocycles. The van der Waals surface area contributed by atoms with E-state index in [-0.39, 0.29) is 23.3 Å². The van der Waals surface area contributed by atoms with Crippen LogP contribution in [0.1, 0.15) is 15.2 Å². The van der Waals surface area contributed by atoms with Crippen LogP contribution in [0.5, 0.6) is 5.75 Å². The van der Waals surface area contributed by atoms with E-state index in [0.717, 1.165) is 9.77 Å². The minimum atomic E-state index is -0.458. The fraction of sp³-hybridized carbons (Fsp3) is 0.0690. The number of carbonyl (C=O) groups excluding carboxylic acids is 3. The van der Waals surface area contributed by atoms with Crippen molar-refractivity contribution >= 4 is 58.3 Å². The van der Waals surface area contributed by atoms with Crippen molar-refractivity contribution in [1.82, 2.24) is 5.32 Å². The van der Waals surface area contributed by atoms with Crippen LogP contribution in [0.4, 0.5) is 11.4 Å². The number of thiophene rings is 1. The molecule has 0 saturated carbocycles. The Morgan fingerprint density at radius 2 is 1.63 bits per heavy atom. The molecule has 4 rings (SSSR count). The largest absolute Gasteiger partial charge is 0.497 e. The number of carbonyl (C=O) groups is 3. The molecule has 0 aliphatic rings. The molecule has 0 unspecified atom stereocenters. The Morgan fingerprint density at radius 3 is 2.37 bits per heavy atom. The SMILES string of the molecule is COc1cccc(NC(=O)CSc2cccc(NC(=O)/C(=C/c3cccs3)NC(=O)c3ccccc3)c2)c1. The number of ether oxygens (including phenoxy) is 1. The summed E-state index contributed by atoms with van der Waals surface area (Å²) >= 11 is 2.80. The number of hydrogen-bond donors (Lipinski definition) is 3. The molecule has 0 fully saturated rings. The molecule has 7 nitrogen and oxygen atoms in total. The lowest BCUT2D eigenvalue weighted by Crippen LogP contribution is -2.30. The molecule has 1 aromatic heterocycles. The van der Waals surface area contributed by atoms with Crippen molar-refractivity contribution in [2.24, 2.45) is 0 Å². The lowest BCUT2D eigenvalue weighted by atomic mass is 10.2. The van der Waals surface area contributed by atoms with Crippen LogP contribution in [0.25, 0.3) is 6.08 Å². The van der Waals surface area contributed by atoms with Crippen LogP contribution in [0.15, 0.2) is 107 Å². The number of benzene rings is 3. The summed E-state index contributed by atoms with van der Waals surface area (Å²) < 4.78 is 5.18. The summed E-state index contributed by atoms with van der Waals surface area (Å²) in [6, 6.07) is 26.8. The second kappa shape index (κ2) is 13.3. The van der Waals surface area contributed by atoms with Crippen molar-refractivity contribution in [3.05, 3.63) is 113 Å². The average molecular weight is 544 g/mol. The number of thioether (sulfide) groups is 1. The number of anilines is 2. The first-order chi connectivity index (χ1) is 18.5. The second-order valence-corrected chi connectivity index (χ2v) is 9.97. The van der Waals surface area contributed by atoms with E-state index < -0.39 is 5.91 Å². The Balaban J connectivity index is 1.40. The molecule has 3 N–H and O–H groups in total. The summed E-state index contributed by atoms with van der Waals surface area (Å²) in [7, 11) is 1.57. The van der Waals surface area contributed by atoms with E-state index in [1.165, 1.54) is 23.1 Å². The van der Waals surface area contributed by atoms with Gasteiger partial charge in [-0.05, 0) is 60.0 Å². The van der Waals surface area contributed by atoms with Crippen molar-refractivity contribution in [3.63, 3.8) is 0 Å². The first-order valence-electron chi connectivity index (χ1n) is 11.6. The highest BCUT2D eigenvalue weighted by molar-refractivity contribution is 8.00.